The third-order valence-corrected chi connectivity index (χ3v) is 8.35. The Morgan fingerprint density at radius 2 is 1.04 bits per heavy atom. The summed E-state index contributed by atoms with van der Waals surface area (Å²) in [5.41, 5.74) is 12.3. The quantitative estimate of drug-likeness (QED) is 0.0802. The van der Waals surface area contributed by atoms with E-state index in [-0.39, 0.29) is 75.2 Å². The maximum absolute atomic E-state index is 12.3. The Morgan fingerprint density at radius 3 is 1.50 bits per heavy atom. The van der Waals surface area contributed by atoms with Crippen molar-refractivity contribution in [2.45, 2.75) is 71.4 Å². The van der Waals surface area contributed by atoms with Gasteiger partial charge in [-0.2, -0.15) is 0 Å². The zero-order chi connectivity index (χ0) is 38.6. The van der Waals surface area contributed by atoms with Gasteiger partial charge in [-0.15, -0.1) is 12.4 Å². The van der Waals surface area contributed by atoms with Gasteiger partial charge >= 0.3 is 17.9 Å². The number of carbonyl (C=O) groups is 4. The Balaban J connectivity index is 0.000000387. The van der Waals surface area contributed by atoms with Crippen molar-refractivity contribution in [1.82, 2.24) is 5.32 Å². The summed E-state index contributed by atoms with van der Waals surface area (Å²) in [5, 5.41) is 4.23. The monoisotopic (exact) mass is 798 g/mol. The maximum atomic E-state index is 12.3. The average molecular weight is 800 g/mol. The highest BCUT2D eigenvalue weighted by Crippen LogP contribution is 2.25. The highest BCUT2D eigenvalue weighted by molar-refractivity contribution is 6.31. The van der Waals surface area contributed by atoms with E-state index in [2.05, 4.69) is 5.32 Å². The highest BCUT2D eigenvalue weighted by Gasteiger charge is 2.19. The predicted molar refractivity (Wildman–Crippen MR) is 217 cm³/mol. The molecule has 0 aliphatic carbocycles. The molecule has 1 amide bonds. The minimum Gasteiger partial charge on any atom is -0.466 e. The molecule has 0 unspecified atom stereocenters. The summed E-state index contributed by atoms with van der Waals surface area (Å²) in [4.78, 5) is 47.1. The number of benzene rings is 4. The van der Waals surface area contributed by atoms with Crippen LogP contribution in [0.15, 0.2) is 97.1 Å². The molecule has 0 aliphatic heterocycles. The van der Waals surface area contributed by atoms with Gasteiger partial charge in [0.25, 0.3) is 0 Å². The van der Waals surface area contributed by atoms with Gasteiger partial charge in [-0.25, -0.2) is 0 Å². The molecular formula is C42H49Cl3N2O7. The molecule has 0 heterocycles. The van der Waals surface area contributed by atoms with E-state index >= 15 is 0 Å². The fourth-order valence-electron chi connectivity index (χ4n) is 5.44. The molecule has 0 radical (unpaired) electrons. The lowest BCUT2D eigenvalue weighted by molar-refractivity contribution is -0.145. The number of ether oxygens (including phenoxy) is 3. The zero-order valence-electron chi connectivity index (χ0n) is 30.9. The molecule has 4 aromatic carbocycles. The average Bonchev–Trinajstić information content (AvgIpc) is 3.12. The van der Waals surface area contributed by atoms with Crippen LogP contribution in [0, 0.1) is 0 Å². The van der Waals surface area contributed by atoms with E-state index in [4.69, 9.17) is 43.1 Å². The number of nitrogens with one attached hydrogen (secondary N) is 1. The molecule has 0 spiro atoms. The van der Waals surface area contributed by atoms with Crippen LogP contribution in [-0.2, 0) is 46.2 Å². The first kappa shape index (κ1) is 45.7. The van der Waals surface area contributed by atoms with Crippen molar-refractivity contribution in [3.8, 4) is 22.3 Å². The Labute approximate surface area is 334 Å². The van der Waals surface area contributed by atoms with Gasteiger partial charge in [0.1, 0.15) is 0 Å². The molecule has 4 aromatic rings. The summed E-state index contributed by atoms with van der Waals surface area (Å²) in [6.45, 7) is 6.18. The van der Waals surface area contributed by atoms with E-state index in [1.807, 2.05) is 97.1 Å². The largest absolute Gasteiger partial charge is 0.466 e. The second-order valence-corrected chi connectivity index (χ2v) is 13.0. The van der Waals surface area contributed by atoms with Crippen molar-refractivity contribution >= 4 is 59.4 Å². The summed E-state index contributed by atoms with van der Waals surface area (Å²) >= 11 is 12.1. The van der Waals surface area contributed by atoms with Crippen LogP contribution in [0.3, 0.4) is 0 Å². The molecular weight excluding hydrogens is 751 g/mol. The standard InChI is InChI=1S/C24H28ClNO5.C18H20ClNO2.ClH/c1-3-30-23(28)13-12-22(27)26-21(16-24(29)31-4-2)14-17-8-10-18(11-9-17)19-6-5-7-20(25)15-19;1-2-22-18(21)12-17(20)10-13-6-8-14(9-7-13)15-4-3-5-16(19)11-15;/h5-11,15,21H,3-4,12-14,16H2,1-2H3,(H,26,27);3-9,11,17H,2,10,12,20H2,1H3;1H/t21-;17-;/m11./s1. The molecule has 0 bridgehead atoms. The lowest BCUT2D eigenvalue weighted by Gasteiger charge is -2.18. The molecule has 12 heteroatoms. The molecule has 0 fully saturated rings. The molecule has 0 saturated heterocycles. The van der Waals surface area contributed by atoms with Crippen LogP contribution >= 0.6 is 35.6 Å². The molecule has 0 aromatic heterocycles. The summed E-state index contributed by atoms with van der Waals surface area (Å²) in [5.74, 6) is -1.35. The van der Waals surface area contributed by atoms with E-state index in [1.54, 1.807) is 20.8 Å². The van der Waals surface area contributed by atoms with Crippen molar-refractivity contribution in [3.05, 3.63) is 118 Å². The third-order valence-electron chi connectivity index (χ3n) is 7.88. The summed E-state index contributed by atoms with van der Waals surface area (Å²) < 4.78 is 14.8. The summed E-state index contributed by atoms with van der Waals surface area (Å²) in [7, 11) is 0. The molecule has 0 saturated carbocycles. The van der Waals surface area contributed by atoms with Crippen LogP contribution in [0.4, 0.5) is 0 Å². The van der Waals surface area contributed by atoms with Crippen molar-refractivity contribution in [3.63, 3.8) is 0 Å². The molecule has 0 aliphatic rings. The van der Waals surface area contributed by atoms with Crippen molar-refractivity contribution in [2.75, 3.05) is 19.8 Å². The van der Waals surface area contributed by atoms with Gasteiger partial charge in [-0.1, -0.05) is 96.0 Å². The van der Waals surface area contributed by atoms with Gasteiger partial charge < -0.3 is 25.3 Å². The Morgan fingerprint density at radius 1 is 0.593 bits per heavy atom. The van der Waals surface area contributed by atoms with Gasteiger partial charge in [0.05, 0.1) is 39.1 Å². The summed E-state index contributed by atoms with van der Waals surface area (Å²) in [6, 6.07) is 30.7. The van der Waals surface area contributed by atoms with Gasteiger partial charge in [0.15, 0.2) is 0 Å². The SMILES string of the molecule is CCOC(=O)CCC(=O)N[C@@H](CC(=O)OCC)Cc1ccc(-c2cccc(Cl)c2)cc1.CCOC(=O)C[C@H](N)Cc1ccc(-c2cccc(Cl)c2)cc1.Cl. The Hall–Kier alpha value is -4.41. The van der Waals surface area contributed by atoms with Crippen molar-refractivity contribution < 1.29 is 33.4 Å². The van der Waals surface area contributed by atoms with Gasteiger partial charge in [-0.05, 0) is 91.3 Å². The third kappa shape index (κ3) is 17.2. The lowest BCUT2D eigenvalue weighted by atomic mass is 9.99. The topological polar surface area (TPSA) is 134 Å². The number of nitrogens with two attached hydrogens (primary N) is 1. The second-order valence-electron chi connectivity index (χ2n) is 12.2. The van der Waals surface area contributed by atoms with E-state index in [1.165, 1.54) is 0 Å². The molecule has 4 rings (SSSR count). The first-order chi connectivity index (χ1) is 25.5. The second kappa shape index (κ2) is 24.8. The summed E-state index contributed by atoms with van der Waals surface area (Å²) in [6.07, 6.45) is 1.40. The van der Waals surface area contributed by atoms with E-state index < -0.39 is 12.0 Å². The van der Waals surface area contributed by atoms with Crippen molar-refractivity contribution in [1.29, 1.82) is 0 Å². The first-order valence-electron chi connectivity index (χ1n) is 17.7. The Kier molecular flexibility index (Phi) is 21.0. The maximum Gasteiger partial charge on any atom is 0.307 e. The van der Waals surface area contributed by atoms with Crippen LogP contribution in [0.1, 0.15) is 57.6 Å². The Bertz CT molecular complexity index is 1770. The molecule has 2 atom stereocenters. The normalized spacial score (nSPS) is 11.4. The van der Waals surface area contributed by atoms with E-state index in [9.17, 15) is 19.2 Å². The number of halogens is 3. The molecule has 3 N–H and O–H groups in total. The highest BCUT2D eigenvalue weighted by atomic mass is 35.5. The van der Waals surface area contributed by atoms with Gasteiger partial charge in [-0.3, -0.25) is 19.2 Å². The number of hydrogen-bond donors (Lipinski definition) is 2. The molecule has 54 heavy (non-hydrogen) atoms. The predicted octanol–water partition coefficient (Wildman–Crippen LogP) is 8.58. The minimum absolute atomic E-state index is 0. The fraction of sp³-hybridized carbons (Fsp3) is 0.333. The molecule has 9 nitrogen and oxygen atoms in total. The minimum atomic E-state index is -0.439. The van der Waals surface area contributed by atoms with Crippen LogP contribution in [0.2, 0.25) is 10.0 Å². The van der Waals surface area contributed by atoms with Gasteiger partial charge in [0, 0.05) is 28.5 Å². The lowest BCUT2D eigenvalue weighted by Crippen LogP contribution is -2.38. The van der Waals surface area contributed by atoms with Crippen LogP contribution < -0.4 is 11.1 Å². The van der Waals surface area contributed by atoms with Crippen LogP contribution in [0.5, 0.6) is 0 Å². The number of amides is 1. The fourth-order valence-corrected chi connectivity index (χ4v) is 5.82. The van der Waals surface area contributed by atoms with Crippen LogP contribution in [0.25, 0.3) is 22.3 Å². The number of hydrogen-bond acceptors (Lipinski definition) is 8. The smallest absolute Gasteiger partial charge is 0.307 e. The number of esters is 3. The molecule has 290 valence electrons. The van der Waals surface area contributed by atoms with Gasteiger partial charge in [0.2, 0.25) is 5.91 Å². The number of carbonyl (C=O) groups excluding carboxylic acids is 4. The van der Waals surface area contributed by atoms with E-state index in [0.29, 0.717) is 24.5 Å². The van der Waals surface area contributed by atoms with Crippen LogP contribution in [-0.4, -0.2) is 55.7 Å². The zero-order valence-corrected chi connectivity index (χ0v) is 33.2. The van der Waals surface area contributed by atoms with E-state index in [0.717, 1.165) is 38.4 Å². The number of rotatable bonds is 17. The first-order valence-corrected chi connectivity index (χ1v) is 18.5. The van der Waals surface area contributed by atoms with Crippen molar-refractivity contribution in [2.24, 2.45) is 5.73 Å².